The van der Waals surface area contributed by atoms with Crippen molar-refractivity contribution in [3.8, 4) is 11.3 Å². The highest BCUT2D eigenvalue weighted by atomic mass is 16.4. The number of carboxylic acid groups (broad SMARTS) is 1. The summed E-state index contributed by atoms with van der Waals surface area (Å²) in [4.78, 5) is 14.1. The predicted molar refractivity (Wildman–Crippen MR) is 72.0 cm³/mol. The third-order valence-electron chi connectivity index (χ3n) is 3.25. The molecule has 3 aromatic rings. The van der Waals surface area contributed by atoms with Gasteiger partial charge in [0.25, 0.3) is 0 Å². The van der Waals surface area contributed by atoms with Crippen molar-refractivity contribution in [3.63, 3.8) is 0 Å². The lowest BCUT2D eigenvalue weighted by atomic mass is 10.0. The van der Waals surface area contributed by atoms with E-state index in [0.717, 1.165) is 27.7 Å². The number of aromatic nitrogens is 3. The number of aromatic amines is 2. The lowest BCUT2D eigenvalue weighted by Crippen LogP contribution is -2.01. The fourth-order valence-electron chi connectivity index (χ4n) is 2.31. The van der Waals surface area contributed by atoms with Crippen LogP contribution in [0.1, 0.15) is 11.3 Å². The molecule has 2 heterocycles. The summed E-state index contributed by atoms with van der Waals surface area (Å²) in [5.41, 5.74) is 4.17. The highest BCUT2D eigenvalue weighted by molar-refractivity contribution is 5.95. The van der Waals surface area contributed by atoms with Gasteiger partial charge in [0.15, 0.2) is 0 Å². The van der Waals surface area contributed by atoms with Gasteiger partial charge in [-0.3, -0.25) is 9.89 Å². The molecule has 0 atom stereocenters. The van der Waals surface area contributed by atoms with Crippen LogP contribution in [-0.2, 0) is 11.2 Å². The van der Waals surface area contributed by atoms with E-state index in [1.165, 1.54) is 0 Å². The van der Waals surface area contributed by atoms with Gasteiger partial charge < -0.3 is 10.1 Å². The van der Waals surface area contributed by atoms with Crippen LogP contribution in [-0.4, -0.2) is 26.3 Å². The number of aryl methyl sites for hydroxylation is 1. The summed E-state index contributed by atoms with van der Waals surface area (Å²) in [6.45, 7) is 1.84. The summed E-state index contributed by atoms with van der Waals surface area (Å²) in [6.07, 6.45) is 1.84. The number of aliphatic carboxylic acids is 1. The molecule has 0 bridgehead atoms. The van der Waals surface area contributed by atoms with Crippen molar-refractivity contribution in [2.24, 2.45) is 0 Å². The standard InChI is InChI=1S/C14H13N3O2/c1-8-10(6-13(18)19)14(17-16-8)11-7-15-12-5-3-2-4-9(11)12/h2-5,7,15H,6H2,1H3,(H,16,17)(H,18,19). The number of rotatable bonds is 3. The normalized spacial score (nSPS) is 11.0. The van der Waals surface area contributed by atoms with Crippen LogP contribution in [0.3, 0.4) is 0 Å². The number of hydrogen-bond donors (Lipinski definition) is 3. The summed E-state index contributed by atoms with van der Waals surface area (Å²) in [6, 6.07) is 7.89. The molecule has 0 unspecified atom stereocenters. The second-order valence-electron chi connectivity index (χ2n) is 4.49. The van der Waals surface area contributed by atoms with Crippen LogP contribution in [0.15, 0.2) is 30.5 Å². The van der Waals surface area contributed by atoms with E-state index in [4.69, 9.17) is 5.11 Å². The Morgan fingerprint density at radius 3 is 2.95 bits per heavy atom. The molecule has 96 valence electrons. The number of carbonyl (C=O) groups is 1. The van der Waals surface area contributed by atoms with Gasteiger partial charge >= 0.3 is 5.97 Å². The highest BCUT2D eigenvalue weighted by Crippen LogP contribution is 2.30. The molecule has 0 radical (unpaired) electrons. The maximum absolute atomic E-state index is 11.0. The zero-order valence-corrected chi connectivity index (χ0v) is 10.4. The van der Waals surface area contributed by atoms with Crippen LogP contribution in [0, 0.1) is 6.92 Å². The Balaban J connectivity index is 2.19. The van der Waals surface area contributed by atoms with Crippen molar-refractivity contribution in [1.29, 1.82) is 0 Å². The number of para-hydroxylation sites is 1. The van der Waals surface area contributed by atoms with E-state index in [1.54, 1.807) is 0 Å². The fourth-order valence-corrected chi connectivity index (χ4v) is 2.31. The molecule has 3 rings (SSSR count). The first-order valence-electron chi connectivity index (χ1n) is 5.99. The molecule has 19 heavy (non-hydrogen) atoms. The van der Waals surface area contributed by atoms with Crippen LogP contribution >= 0.6 is 0 Å². The molecule has 0 amide bonds. The zero-order chi connectivity index (χ0) is 13.4. The monoisotopic (exact) mass is 255 g/mol. The van der Waals surface area contributed by atoms with Crippen molar-refractivity contribution >= 4 is 16.9 Å². The van der Waals surface area contributed by atoms with E-state index in [1.807, 2.05) is 37.4 Å². The number of nitrogens with one attached hydrogen (secondary N) is 2. The molecule has 5 heteroatoms. The van der Waals surface area contributed by atoms with Gasteiger partial charge in [-0.25, -0.2) is 0 Å². The summed E-state index contributed by atoms with van der Waals surface area (Å²) < 4.78 is 0. The van der Waals surface area contributed by atoms with Crippen LogP contribution in [0.2, 0.25) is 0 Å². The Labute approximate surface area is 109 Å². The molecule has 2 aromatic heterocycles. The number of nitrogens with zero attached hydrogens (tertiary/aromatic N) is 1. The topological polar surface area (TPSA) is 81.8 Å². The Morgan fingerprint density at radius 1 is 1.37 bits per heavy atom. The summed E-state index contributed by atoms with van der Waals surface area (Å²) >= 11 is 0. The Bertz CT molecular complexity index is 755. The number of fused-ring (bicyclic) bond motifs is 1. The van der Waals surface area contributed by atoms with Gasteiger partial charge in [0, 0.05) is 33.9 Å². The van der Waals surface area contributed by atoms with Crippen LogP contribution < -0.4 is 0 Å². The van der Waals surface area contributed by atoms with E-state index < -0.39 is 5.97 Å². The zero-order valence-electron chi connectivity index (χ0n) is 10.4. The van der Waals surface area contributed by atoms with Crippen molar-refractivity contribution < 1.29 is 9.90 Å². The Kier molecular flexibility index (Phi) is 2.59. The van der Waals surface area contributed by atoms with Gasteiger partial charge in [0.1, 0.15) is 0 Å². The molecule has 0 aliphatic heterocycles. The number of H-pyrrole nitrogens is 2. The molecule has 0 aliphatic carbocycles. The van der Waals surface area contributed by atoms with Gasteiger partial charge in [-0.2, -0.15) is 5.10 Å². The lowest BCUT2D eigenvalue weighted by Gasteiger charge is -2.00. The second kappa shape index (κ2) is 4.28. The summed E-state index contributed by atoms with van der Waals surface area (Å²) in [5, 5.41) is 17.2. The van der Waals surface area contributed by atoms with E-state index >= 15 is 0 Å². The van der Waals surface area contributed by atoms with E-state index in [9.17, 15) is 4.79 Å². The smallest absolute Gasteiger partial charge is 0.307 e. The van der Waals surface area contributed by atoms with Crippen molar-refractivity contribution in [3.05, 3.63) is 41.7 Å². The lowest BCUT2D eigenvalue weighted by molar-refractivity contribution is -0.136. The second-order valence-corrected chi connectivity index (χ2v) is 4.49. The summed E-state index contributed by atoms with van der Waals surface area (Å²) in [7, 11) is 0. The number of carboxylic acids is 1. The molecule has 0 aliphatic rings. The molecule has 0 fully saturated rings. The third kappa shape index (κ3) is 1.89. The predicted octanol–water partition coefficient (Wildman–Crippen LogP) is 2.49. The number of hydrogen-bond acceptors (Lipinski definition) is 2. The van der Waals surface area contributed by atoms with Crippen molar-refractivity contribution in [1.82, 2.24) is 15.2 Å². The minimum Gasteiger partial charge on any atom is -0.481 e. The fraction of sp³-hybridized carbons (Fsp3) is 0.143. The maximum atomic E-state index is 11.0. The first kappa shape index (κ1) is 11.5. The number of benzene rings is 1. The van der Waals surface area contributed by atoms with Crippen LogP contribution in [0.25, 0.3) is 22.2 Å². The molecule has 0 saturated carbocycles. The molecule has 0 saturated heterocycles. The van der Waals surface area contributed by atoms with Gasteiger partial charge in [0.2, 0.25) is 0 Å². The molecule has 1 aromatic carbocycles. The third-order valence-corrected chi connectivity index (χ3v) is 3.25. The van der Waals surface area contributed by atoms with Gasteiger partial charge in [-0.05, 0) is 13.0 Å². The average molecular weight is 255 g/mol. The molecule has 3 N–H and O–H groups in total. The Hall–Kier alpha value is -2.56. The molecule has 0 spiro atoms. The van der Waals surface area contributed by atoms with E-state index in [2.05, 4.69) is 15.2 Å². The quantitative estimate of drug-likeness (QED) is 0.672. The van der Waals surface area contributed by atoms with Gasteiger partial charge in [-0.15, -0.1) is 0 Å². The largest absolute Gasteiger partial charge is 0.481 e. The van der Waals surface area contributed by atoms with Crippen LogP contribution in [0.4, 0.5) is 0 Å². The van der Waals surface area contributed by atoms with Crippen LogP contribution in [0.5, 0.6) is 0 Å². The molecule has 5 nitrogen and oxygen atoms in total. The SMILES string of the molecule is Cc1[nH]nc(-c2c[nH]c3ccccc23)c1CC(=O)O. The first-order valence-corrected chi connectivity index (χ1v) is 5.99. The van der Waals surface area contributed by atoms with E-state index in [0.29, 0.717) is 5.69 Å². The molecular weight excluding hydrogens is 242 g/mol. The summed E-state index contributed by atoms with van der Waals surface area (Å²) in [5.74, 6) is -0.856. The Morgan fingerprint density at radius 2 is 2.16 bits per heavy atom. The van der Waals surface area contributed by atoms with Gasteiger partial charge in [-0.1, -0.05) is 18.2 Å². The highest BCUT2D eigenvalue weighted by Gasteiger charge is 2.17. The minimum absolute atomic E-state index is 0.0306. The average Bonchev–Trinajstić information content (AvgIpc) is 2.94. The minimum atomic E-state index is -0.856. The first-order chi connectivity index (χ1) is 9.16. The van der Waals surface area contributed by atoms with Crippen molar-refractivity contribution in [2.75, 3.05) is 0 Å². The van der Waals surface area contributed by atoms with Crippen molar-refractivity contribution in [2.45, 2.75) is 13.3 Å². The molecular formula is C14H13N3O2. The maximum Gasteiger partial charge on any atom is 0.307 e. The van der Waals surface area contributed by atoms with Gasteiger partial charge in [0.05, 0.1) is 12.1 Å². The van der Waals surface area contributed by atoms with E-state index in [-0.39, 0.29) is 6.42 Å².